The third-order valence-electron chi connectivity index (χ3n) is 4.64. The van der Waals surface area contributed by atoms with Crippen LogP contribution in [0.1, 0.15) is 19.0 Å². The zero-order valence-electron chi connectivity index (χ0n) is 13.7. The van der Waals surface area contributed by atoms with Gasteiger partial charge < -0.3 is 9.64 Å². The summed E-state index contributed by atoms with van der Waals surface area (Å²) in [6.45, 7) is 5.86. The minimum Gasteiger partial charge on any atom is -0.379 e. The molecule has 122 valence electrons. The van der Waals surface area contributed by atoms with Gasteiger partial charge in [-0.2, -0.15) is 0 Å². The molecule has 1 aromatic carbocycles. The second-order valence-electron chi connectivity index (χ2n) is 6.23. The summed E-state index contributed by atoms with van der Waals surface area (Å²) in [5.41, 5.74) is 2.80. The Balaban J connectivity index is 2.08. The number of non-ortho nitro benzene ring substituents is 1. The van der Waals surface area contributed by atoms with Crippen LogP contribution in [0.3, 0.4) is 0 Å². The summed E-state index contributed by atoms with van der Waals surface area (Å²) < 4.78 is 5.59. The normalized spacial score (nSPS) is 21.6. The highest BCUT2D eigenvalue weighted by atomic mass is 16.6. The van der Waals surface area contributed by atoms with Crippen LogP contribution in [-0.2, 0) is 4.74 Å². The molecule has 3 rings (SSSR count). The van der Waals surface area contributed by atoms with E-state index in [0.29, 0.717) is 5.92 Å². The molecule has 1 saturated heterocycles. The van der Waals surface area contributed by atoms with Crippen molar-refractivity contribution in [3.8, 4) is 0 Å². The largest absolute Gasteiger partial charge is 0.379 e. The molecule has 0 amide bonds. The summed E-state index contributed by atoms with van der Waals surface area (Å²) >= 11 is 0. The lowest BCUT2D eigenvalue weighted by Crippen LogP contribution is -2.44. The SMILES string of the molecule is COC1CN(c2cc(C)nc3ccc([N+](=O)[O-])cc23)CCC1C. The van der Waals surface area contributed by atoms with E-state index in [2.05, 4.69) is 16.8 Å². The van der Waals surface area contributed by atoms with Gasteiger partial charge in [-0.15, -0.1) is 0 Å². The number of pyridine rings is 1. The number of aryl methyl sites for hydroxylation is 1. The van der Waals surface area contributed by atoms with Gasteiger partial charge in [0.2, 0.25) is 0 Å². The van der Waals surface area contributed by atoms with E-state index >= 15 is 0 Å². The van der Waals surface area contributed by atoms with Crippen LogP contribution in [-0.4, -0.2) is 36.2 Å². The van der Waals surface area contributed by atoms with Gasteiger partial charge in [0.15, 0.2) is 0 Å². The molecule has 0 aliphatic carbocycles. The van der Waals surface area contributed by atoms with Crippen LogP contribution in [0.25, 0.3) is 10.9 Å². The molecule has 1 aromatic heterocycles. The highest BCUT2D eigenvalue weighted by Gasteiger charge is 2.27. The Hall–Kier alpha value is -2.21. The van der Waals surface area contributed by atoms with Crippen molar-refractivity contribution in [2.75, 3.05) is 25.1 Å². The zero-order chi connectivity index (χ0) is 16.6. The van der Waals surface area contributed by atoms with Crippen molar-refractivity contribution in [1.29, 1.82) is 0 Å². The van der Waals surface area contributed by atoms with E-state index in [0.717, 1.165) is 41.8 Å². The summed E-state index contributed by atoms with van der Waals surface area (Å²) in [7, 11) is 1.74. The number of nitro benzene ring substituents is 1. The van der Waals surface area contributed by atoms with Gasteiger partial charge in [0.1, 0.15) is 0 Å². The van der Waals surface area contributed by atoms with Crippen molar-refractivity contribution >= 4 is 22.3 Å². The lowest BCUT2D eigenvalue weighted by atomic mass is 9.95. The van der Waals surface area contributed by atoms with Crippen LogP contribution in [0.2, 0.25) is 0 Å². The van der Waals surface area contributed by atoms with Crippen LogP contribution < -0.4 is 4.90 Å². The predicted octanol–water partition coefficient (Wildman–Crippen LogP) is 3.31. The topological polar surface area (TPSA) is 68.5 Å². The summed E-state index contributed by atoms with van der Waals surface area (Å²) in [5, 5.41) is 11.9. The molecular formula is C17H21N3O3. The number of piperidine rings is 1. The van der Waals surface area contributed by atoms with Gasteiger partial charge in [-0.05, 0) is 31.4 Å². The number of hydrogen-bond donors (Lipinski definition) is 0. The van der Waals surface area contributed by atoms with E-state index in [1.165, 1.54) is 6.07 Å². The third kappa shape index (κ3) is 2.99. The number of nitrogens with zero attached hydrogens (tertiary/aromatic N) is 3. The standard InChI is InChI=1S/C17H21N3O3/c1-11-6-7-19(10-17(11)23-3)16-8-12(2)18-15-5-4-13(20(21)22)9-14(15)16/h4-5,8-9,11,17H,6-7,10H2,1-3H3. The molecule has 2 heterocycles. The molecular weight excluding hydrogens is 294 g/mol. The Bertz CT molecular complexity index is 747. The van der Waals surface area contributed by atoms with Crippen LogP contribution >= 0.6 is 0 Å². The minimum atomic E-state index is -0.362. The van der Waals surface area contributed by atoms with E-state index in [1.54, 1.807) is 19.2 Å². The van der Waals surface area contributed by atoms with Gasteiger partial charge in [-0.1, -0.05) is 6.92 Å². The molecule has 2 unspecified atom stereocenters. The first kappa shape index (κ1) is 15.7. The molecule has 2 atom stereocenters. The van der Waals surface area contributed by atoms with Crippen molar-refractivity contribution in [3.63, 3.8) is 0 Å². The first-order chi connectivity index (χ1) is 11.0. The number of benzene rings is 1. The van der Waals surface area contributed by atoms with E-state index in [4.69, 9.17) is 4.74 Å². The summed E-state index contributed by atoms with van der Waals surface area (Å²) in [4.78, 5) is 17.5. The number of ether oxygens (including phenoxy) is 1. The van der Waals surface area contributed by atoms with Crippen molar-refractivity contribution < 1.29 is 9.66 Å². The van der Waals surface area contributed by atoms with Gasteiger partial charge in [0.05, 0.1) is 16.5 Å². The van der Waals surface area contributed by atoms with E-state index < -0.39 is 0 Å². The lowest BCUT2D eigenvalue weighted by molar-refractivity contribution is -0.384. The Morgan fingerprint density at radius 2 is 2.17 bits per heavy atom. The molecule has 1 aliphatic heterocycles. The quantitative estimate of drug-likeness (QED) is 0.642. The monoisotopic (exact) mass is 315 g/mol. The molecule has 0 spiro atoms. The van der Waals surface area contributed by atoms with Crippen LogP contribution in [0.5, 0.6) is 0 Å². The average Bonchev–Trinajstić information content (AvgIpc) is 2.54. The molecule has 1 aliphatic rings. The minimum absolute atomic E-state index is 0.0954. The van der Waals surface area contributed by atoms with Gasteiger partial charge in [-0.3, -0.25) is 15.1 Å². The van der Waals surface area contributed by atoms with Crippen LogP contribution in [0.15, 0.2) is 24.3 Å². The fourth-order valence-corrected chi connectivity index (χ4v) is 3.26. The Kier molecular flexibility index (Phi) is 4.17. The number of nitro groups is 1. The second-order valence-corrected chi connectivity index (χ2v) is 6.23. The van der Waals surface area contributed by atoms with Crippen molar-refractivity contribution in [2.45, 2.75) is 26.4 Å². The highest BCUT2D eigenvalue weighted by Crippen LogP contribution is 2.33. The van der Waals surface area contributed by atoms with Crippen molar-refractivity contribution in [3.05, 3.63) is 40.1 Å². The Labute approximate surface area is 135 Å². The number of hydrogen-bond acceptors (Lipinski definition) is 5. The van der Waals surface area contributed by atoms with Crippen LogP contribution in [0, 0.1) is 23.0 Å². The number of fused-ring (bicyclic) bond motifs is 1. The average molecular weight is 315 g/mol. The number of anilines is 1. The lowest BCUT2D eigenvalue weighted by Gasteiger charge is -2.38. The van der Waals surface area contributed by atoms with E-state index in [-0.39, 0.29) is 16.7 Å². The zero-order valence-corrected chi connectivity index (χ0v) is 13.7. The number of aromatic nitrogens is 1. The Morgan fingerprint density at radius 3 is 2.87 bits per heavy atom. The maximum absolute atomic E-state index is 11.1. The summed E-state index contributed by atoms with van der Waals surface area (Å²) in [6, 6.07) is 6.87. The number of rotatable bonds is 3. The maximum Gasteiger partial charge on any atom is 0.270 e. The molecule has 23 heavy (non-hydrogen) atoms. The molecule has 6 heteroatoms. The molecule has 0 N–H and O–H groups in total. The third-order valence-corrected chi connectivity index (χ3v) is 4.64. The van der Waals surface area contributed by atoms with Crippen LogP contribution in [0.4, 0.5) is 11.4 Å². The predicted molar refractivity (Wildman–Crippen MR) is 89.9 cm³/mol. The summed E-state index contributed by atoms with van der Waals surface area (Å²) in [5.74, 6) is 0.514. The summed E-state index contributed by atoms with van der Waals surface area (Å²) in [6.07, 6.45) is 1.21. The first-order valence-electron chi connectivity index (χ1n) is 7.83. The van der Waals surface area contributed by atoms with Crippen molar-refractivity contribution in [1.82, 2.24) is 4.98 Å². The second kappa shape index (κ2) is 6.12. The molecule has 0 saturated carbocycles. The highest BCUT2D eigenvalue weighted by molar-refractivity contribution is 5.93. The molecule has 0 bridgehead atoms. The Morgan fingerprint density at radius 1 is 1.39 bits per heavy atom. The number of methoxy groups -OCH3 is 1. The smallest absolute Gasteiger partial charge is 0.270 e. The van der Waals surface area contributed by atoms with E-state index in [9.17, 15) is 10.1 Å². The van der Waals surface area contributed by atoms with Gasteiger partial charge in [0, 0.05) is 49.1 Å². The van der Waals surface area contributed by atoms with E-state index in [1.807, 2.05) is 13.0 Å². The fourth-order valence-electron chi connectivity index (χ4n) is 3.26. The van der Waals surface area contributed by atoms with Gasteiger partial charge >= 0.3 is 0 Å². The fraction of sp³-hybridized carbons (Fsp3) is 0.471. The van der Waals surface area contributed by atoms with Gasteiger partial charge in [-0.25, -0.2) is 0 Å². The maximum atomic E-state index is 11.1. The molecule has 0 radical (unpaired) electrons. The molecule has 6 nitrogen and oxygen atoms in total. The van der Waals surface area contributed by atoms with Gasteiger partial charge in [0.25, 0.3) is 5.69 Å². The molecule has 2 aromatic rings. The molecule has 1 fully saturated rings. The first-order valence-corrected chi connectivity index (χ1v) is 7.83. The van der Waals surface area contributed by atoms with Crippen molar-refractivity contribution in [2.24, 2.45) is 5.92 Å².